The van der Waals surface area contributed by atoms with Crippen LogP contribution in [-0.4, -0.2) is 22.3 Å². The van der Waals surface area contributed by atoms with E-state index in [1.54, 1.807) is 17.1 Å². The van der Waals surface area contributed by atoms with E-state index in [4.69, 9.17) is 4.74 Å². The lowest BCUT2D eigenvalue weighted by Gasteiger charge is -2.10. The fraction of sp³-hybridized carbons (Fsp3) is 0.600. The molecule has 0 bridgehead atoms. The molecule has 0 N–H and O–H groups in total. The molecule has 1 aliphatic heterocycles. The molecule has 0 amide bonds. The largest absolute Gasteiger partial charge is 0.378 e. The summed E-state index contributed by atoms with van der Waals surface area (Å²) in [5.74, 6) is 0. The summed E-state index contributed by atoms with van der Waals surface area (Å²) in [5.41, 5.74) is 0.0450. The molecule has 1 unspecified atom stereocenters. The third-order valence-electron chi connectivity index (χ3n) is 2.58. The normalized spacial score (nSPS) is 20.7. The van der Waals surface area contributed by atoms with E-state index < -0.39 is 0 Å². The van der Waals surface area contributed by atoms with Gasteiger partial charge in [0.15, 0.2) is 0 Å². The maximum Gasteiger partial charge on any atom is 0.266 e. The SMILES string of the molecule is O=c1c(I)cncn1CCC1CCCO1. The Bertz CT molecular complexity index is 385. The molecule has 15 heavy (non-hydrogen) atoms. The van der Waals surface area contributed by atoms with Gasteiger partial charge in [-0.3, -0.25) is 9.36 Å². The number of aromatic nitrogens is 2. The van der Waals surface area contributed by atoms with Crippen molar-refractivity contribution >= 4 is 22.6 Å². The Morgan fingerprint density at radius 1 is 1.67 bits per heavy atom. The van der Waals surface area contributed by atoms with Gasteiger partial charge in [-0.25, -0.2) is 4.98 Å². The summed E-state index contributed by atoms with van der Waals surface area (Å²) < 4.78 is 7.83. The smallest absolute Gasteiger partial charge is 0.266 e. The summed E-state index contributed by atoms with van der Waals surface area (Å²) in [6.45, 7) is 1.57. The van der Waals surface area contributed by atoms with Gasteiger partial charge in [0.05, 0.1) is 16.0 Å². The van der Waals surface area contributed by atoms with Crippen LogP contribution in [0.15, 0.2) is 17.3 Å². The van der Waals surface area contributed by atoms with E-state index in [2.05, 4.69) is 4.98 Å². The predicted molar refractivity (Wildman–Crippen MR) is 64.8 cm³/mol. The van der Waals surface area contributed by atoms with E-state index in [9.17, 15) is 4.79 Å². The summed E-state index contributed by atoms with van der Waals surface area (Å²) in [6, 6.07) is 0. The molecule has 4 nitrogen and oxygen atoms in total. The van der Waals surface area contributed by atoms with Gasteiger partial charge in [0.1, 0.15) is 0 Å². The molecular formula is C10H13IN2O2. The highest BCUT2D eigenvalue weighted by atomic mass is 127. The molecule has 2 rings (SSSR count). The van der Waals surface area contributed by atoms with E-state index in [0.717, 1.165) is 25.9 Å². The molecule has 0 saturated carbocycles. The first-order valence-electron chi connectivity index (χ1n) is 5.09. The van der Waals surface area contributed by atoms with E-state index in [0.29, 0.717) is 16.2 Å². The third kappa shape index (κ3) is 2.78. The Morgan fingerprint density at radius 3 is 3.27 bits per heavy atom. The molecule has 5 heteroatoms. The van der Waals surface area contributed by atoms with Crippen LogP contribution in [0.5, 0.6) is 0 Å². The van der Waals surface area contributed by atoms with Gasteiger partial charge in [-0.05, 0) is 41.9 Å². The molecule has 1 aliphatic rings. The van der Waals surface area contributed by atoms with E-state index in [1.165, 1.54) is 0 Å². The summed E-state index contributed by atoms with van der Waals surface area (Å²) in [6.07, 6.45) is 6.68. The number of aryl methyl sites for hydroxylation is 1. The van der Waals surface area contributed by atoms with Crippen LogP contribution in [-0.2, 0) is 11.3 Å². The number of nitrogens with zero attached hydrogens (tertiary/aromatic N) is 2. The first-order chi connectivity index (χ1) is 7.27. The van der Waals surface area contributed by atoms with Crippen LogP contribution in [0.2, 0.25) is 0 Å². The number of ether oxygens (including phenoxy) is 1. The molecule has 1 fully saturated rings. The van der Waals surface area contributed by atoms with Crippen LogP contribution in [0.25, 0.3) is 0 Å². The van der Waals surface area contributed by atoms with Crippen molar-refractivity contribution in [1.29, 1.82) is 0 Å². The number of hydrogen-bond donors (Lipinski definition) is 0. The van der Waals surface area contributed by atoms with Crippen molar-refractivity contribution in [3.63, 3.8) is 0 Å². The average Bonchev–Trinajstić information content (AvgIpc) is 2.73. The second kappa shape index (κ2) is 5.07. The molecule has 82 valence electrons. The minimum Gasteiger partial charge on any atom is -0.378 e. The molecule has 0 spiro atoms. The van der Waals surface area contributed by atoms with Crippen LogP contribution in [0, 0.1) is 3.57 Å². The fourth-order valence-corrected chi connectivity index (χ4v) is 2.21. The Hall–Kier alpha value is -0.430. The molecule has 0 aromatic carbocycles. The van der Waals surface area contributed by atoms with Gasteiger partial charge < -0.3 is 4.74 Å². The van der Waals surface area contributed by atoms with Crippen molar-refractivity contribution in [2.75, 3.05) is 6.61 Å². The summed E-state index contributed by atoms with van der Waals surface area (Å²) in [5, 5.41) is 0. The Labute approximate surface area is 102 Å². The van der Waals surface area contributed by atoms with Crippen LogP contribution in [0.4, 0.5) is 0 Å². The summed E-state index contributed by atoms with van der Waals surface area (Å²) in [4.78, 5) is 15.7. The molecule has 1 saturated heterocycles. The van der Waals surface area contributed by atoms with Crippen molar-refractivity contribution in [1.82, 2.24) is 9.55 Å². The first kappa shape index (κ1) is 11.1. The van der Waals surface area contributed by atoms with Gasteiger partial charge in [0, 0.05) is 19.3 Å². The predicted octanol–water partition coefficient (Wildman–Crippen LogP) is 1.42. The Balaban J connectivity index is 1.98. The lowest BCUT2D eigenvalue weighted by molar-refractivity contribution is 0.1000. The number of rotatable bonds is 3. The zero-order valence-electron chi connectivity index (χ0n) is 8.36. The first-order valence-corrected chi connectivity index (χ1v) is 6.17. The Kier molecular flexibility index (Phi) is 3.74. The minimum absolute atomic E-state index is 0.0450. The minimum atomic E-state index is 0.0450. The van der Waals surface area contributed by atoms with Gasteiger partial charge in [0.25, 0.3) is 5.56 Å². The van der Waals surface area contributed by atoms with Crippen LogP contribution < -0.4 is 5.56 Å². The molecule has 2 heterocycles. The maximum atomic E-state index is 11.6. The van der Waals surface area contributed by atoms with Crippen molar-refractivity contribution in [2.24, 2.45) is 0 Å². The van der Waals surface area contributed by atoms with Gasteiger partial charge in [-0.2, -0.15) is 0 Å². The van der Waals surface area contributed by atoms with Crippen molar-refractivity contribution in [3.05, 3.63) is 26.4 Å². The topological polar surface area (TPSA) is 44.1 Å². The molecular weight excluding hydrogens is 307 g/mol. The molecule has 1 aromatic rings. The maximum absolute atomic E-state index is 11.6. The monoisotopic (exact) mass is 320 g/mol. The van der Waals surface area contributed by atoms with Crippen LogP contribution in [0.3, 0.4) is 0 Å². The standard InChI is InChI=1S/C10H13IN2O2/c11-9-6-12-7-13(10(9)14)4-3-8-2-1-5-15-8/h6-8H,1-5H2. The lowest BCUT2D eigenvalue weighted by atomic mass is 10.2. The average molecular weight is 320 g/mol. The van der Waals surface area contributed by atoms with Gasteiger partial charge in [-0.1, -0.05) is 0 Å². The molecule has 1 atom stereocenters. The molecule has 0 aliphatic carbocycles. The zero-order chi connectivity index (χ0) is 10.7. The van der Waals surface area contributed by atoms with Crippen molar-refractivity contribution < 1.29 is 4.74 Å². The van der Waals surface area contributed by atoms with E-state index >= 15 is 0 Å². The second-order valence-corrected chi connectivity index (χ2v) is 4.83. The Morgan fingerprint density at radius 2 is 2.53 bits per heavy atom. The quantitative estimate of drug-likeness (QED) is 0.791. The van der Waals surface area contributed by atoms with Crippen LogP contribution in [0.1, 0.15) is 19.3 Å². The van der Waals surface area contributed by atoms with E-state index in [-0.39, 0.29) is 5.56 Å². The van der Waals surface area contributed by atoms with Crippen LogP contribution >= 0.6 is 22.6 Å². The van der Waals surface area contributed by atoms with Gasteiger partial charge >= 0.3 is 0 Å². The highest BCUT2D eigenvalue weighted by Gasteiger charge is 2.15. The van der Waals surface area contributed by atoms with Gasteiger partial charge in [0.2, 0.25) is 0 Å². The lowest BCUT2D eigenvalue weighted by Crippen LogP contribution is -2.24. The highest BCUT2D eigenvalue weighted by molar-refractivity contribution is 14.1. The summed E-state index contributed by atoms with van der Waals surface area (Å²) >= 11 is 2.01. The number of hydrogen-bond acceptors (Lipinski definition) is 3. The van der Waals surface area contributed by atoms with Gasteiger partial charge in [-0.15, -0.1) is 0 Å². The molecule has 0 radical (unpaired) electrons. The van der Waals surface area contributed by atoms with Crippen molar-refractivity contribution in [3.8, 4) is 0 Å². The number of halogens is 1. The second-order valence-electron chi connectivity index (χ2n) is 3.66. The molecule has 1 aromatic heterocycles. The zero-order valence-corrected chi connectivity index (χ0v) is 10.5. The summed E-state index contributed by atoms with van der Waals surface area (Å²) in [7, 11) is 0. The highest BCUT2D eigenvalue weighted by Crippen LogP contribution is 2.15. The fourth-order valence-electron chi connectivity index (χ4n) is 1.74. The van der Waals surface area contributed by atoms with E-state index in [1.807, 2.05) is 22.6 Å². The van der Waals surface area contributed by atoms with Crippen molar-refractivity contribution in [2.45, 2.75) is 31.9 Å². The third-order valence-corrected chi connectivity index (χ3v) is 3.32.